The Morgan fingerprint density at radius 2 is 1.71 bits per heavy atom. The molecule has 0 aromatic heterocycles. The van der Waals surface area contributed by atoms with E-state index in [2.05, 4.69) is 4.74 Å². The molecule has 0 aliphatic rings. The van der Waals surface area contributed by atoms with Gasteiger partial charge in [0.25, 0.3) is 0 Å². The number of rotatable bonds is 3. The van der Waals surface area contributed by atoms with Crippen LogP contribution in [-0.2, 0) is 4.74 Å². The zero-order chi connectivity index (χ0) is 11.4. The van der Waals surface area contributed by atoms with Gasteiger partial charge in [-0.1, -0.05) is 6.08 Å². The summed E-state index contributed by atoms with van der Waals surface area (Å²) in [7, 11) is 1.23. The van der Waals surface area contributed by atoms with Crippen LogP contribution in [0.15, 0.2) is 23.5 Å². The Balaban J connectivity index is 5.02. The number of allylic oxidation sites excluding steroid dienone is 3. The lowest BCUT2D eigenvalue weighted by Crippen LogP contribution is -2.21. The smallest absolute Gasteiger partial charge is 0.418 e. The van der Waals surface area contributed by atoms with Gasteiger partial charge in [-0.2, -0.15) is 13.2 Å². The molecule has 0 atom stereocenters. The normalized spacial score (nSPS) is 14.1. The molecule has 5 heteroatoms. The Hall–Kier alpha value is -1.26. The molecule has 0 rings (SSSR count). The monoisotopic (exact) mass is 207 g/mol. The maximum absolute atomic E-state index is 12.3. The van der Waals surface area contributed by atoms with Crippen LogP contribution in [0.4, 0.5) is 13.2 Å². The summed E-state index contributed by atoms with van der Waals surface area (Å²) in [6, 6.07) is 0. The molecular formula is C9H12F3NO. The third-order valence-corrected chi connectivity index (χ3v) is 1.59. The van der Waals surface area contributed by atoms with Crippen LogP contribution in [0, 0.1) is 5.41 Å². The van der Waals surface area contributed by atoms with E-state index in [1.165, 1.54) is 27.0 Å². The highest BCUT2D eigenvalue weighted by atomic mass is 19.4. The fraction of sp³-hybridized carbons (Fsp3) is 0.444. The second-order valence-corrected chi connectivity index (χ2v) is 2.43. The summed E-state index contributed by atoms with van der Waals surface area (Å²) in [5.41, 5.74) is -1.64. The van der Waals surface area contributed by atoms with Gasteiger partial charge in [0.15, 0.2) is 0 Å². The third kappa shape index (κ3) is 2.90. The number of hydrogen-bond donors (Lipinski definition) is 1. The molecular weight excluding hydrogens is 195 g/mol. The van der Waals surface area contributed by atoms with E-state index >= 15 is 0 Å². The number of ether oxygens (including phenoxy) is 1. The minimum Gasteiger partial charge on any atom is -0.495 e. The van der Waals surface area contributed by atoms with Crippen molar-refractivity contribution in [3.8, 4) is 0 Å². The zero-order valence-electron chi connectivity index (χ0n) is 8.20. The van der Waals surface area contributed by atoms with Crippen LogP contribution in [0.3, 0.4) is 0 Å². The molecule has 1 N–H and O–H groups in total. The Morgan fingerprint density at radius 3 is 1.93 bits per heavy atom. The molecule has 0 bridgehead atoms. The molecule has 0 aliphatic heterocycles. The second kappa shape index (κ2) is 4.83. The van der Waals surface area contributed by atoms with Gasteiger partial charge in [-0.3, -0.25) is 5.41 Å². The van der Waals surface area contributed by atoms with Crippen LogP contribution >= 0.6 is 0 Å². The van der Waals surface area contributed by atoms with E-state index in [9.17, 15) is 13.2 Å². The molecule has 0 heterocycles. The average Bonchev–Trinajstić information content (AvgIpc) is 2.05. The van der Waals surface area contributed by atoms with Gasteiger partial charge in [0, 0.05) is 0 Å². The molecule has 0 spiro atoms. The SMILES string of the molecule is C/C=C(/OC)C(=N)/C(=C\C)C(F)(F)F. The highest BCUT2D eigenvalue weighted by Crippen LogP contribution is 2.28. The fourth-order valence-electron chi connectivity index (χ4n) is 0.947. The van der Waals surface area contributed by atoms with Crippen LogP contribution in [-0.4, -0.2) is 19.0 Å². The summed E-state index contributed by atoms with van der Waals surface area (Å²) in [5, 5.41) is 7.28. The predicted molar refractivity (Wildman–Crippen MR) is 48.3 cm³/mol. The summed E-state index contributed by atoms with van der Waals surface area (Å²) in [6.45, 7) is 2.75. The van der Waals surface area contributed by atoms with E-state index in [-0.39, 0.29) is 5.76 Å². The number of methoxy groups -OCH3 is 1. The van der Waals surface area contributed by atoms with Crippen molar-refractivity contribution in [1.29, 1.82) is 5.41 Å². The number of alkyl halides is 3. The average molecular weight is 207 g/mol. The number of nitrogens with one attached hydrogen (secondary N) is 1. The molecule has 0 amide bonds. The van der Waals surface area contributed by atoms with Gasteiger partial charge in [-0.15, -0.1) is 0 Å². The van der Waals surface area contributed by atoms with Gasteiger partial charge in [0.1, 0.15) is 11.5 Å². The molecule has 0 saturated carbocycles. The Morgan fingerprint density at radius 1 is 1.21 bits per heavy atom. The third-order valence-electron chi connectivity index (χ3n) is 1.59. The van der Waals surface area contributed by atoms with Crippen LogP contribution in [0.25, 0.3) is 0 Å². The Labute approximate surface area is 80.6 Å². The van der Waals surface area contributed by atoms with Crippen molar-refractivity contribution in [3.05, 3.63) is 23.5 Å². The maximum Gasteiger partial charge on any atom is 0.418 e. The highest BCUT2D eigenvalue weighted by molar-refractivity contribution is 6.09. The molecule has 80 valence electrons. The van der Waals surface area contributed by atoms with Crippen LogP contribution in [0.1, 0.15) is 13.8 Å². The number of halogens is 3. The van der Waals surface area contributed by atoms with Crippen LogP contribution in [0.5, 0.6) is 0 Å². The van der Waals surface area contributed by atoms with Crippen LogP contribution < -0.4 is 0 Å². The van der Waals surface area contributed by atoms with Gasteiger partial charge in [0.05, 0.1) is 12.7 Å². The number of hydrogen-bond acceptors (Lipinski definition) is 2. The first-order valence-corrected chi connectivity index (χ1v) is 3.91. The quantitative estimate of drug-likeness (QED) is 0.560. The van der Waals surface area contributed by atoms with Crippen molar-refractivity contribution in [1.82, 2.24) is 0 Å². The minimum absolute atomic E-state index is 0.0876. The van der Waals surface area contributed by atoms with E-state index in [4.69, 9.17) is 5.41 Å². The molecule has 0 aliphatic carbocycles. The van der Waals surface area contributed by atoms with E-state index in [1.807, 2.05) is 0 Å². The van der Waals surface area contributed by atoms with Gasteiger partial charge < -0.3 is 4.74 Å². The molecule has 0 saturated heterocycles. The summed E-state index contributed by atoms with van der Waals surface area (Å²) >= 11 is 0. The van der Waals surface area contributed by atoms with Gasteiger partial charge in [-0.05, 0) is 19.9 Å². The topological polar surface area (TPSA) is 33.1 Å². The summed E-state index contributed by atoms with van der Waals surface area (Å²) in [4.78, 5) is 0. The molecule has 2 nitrogen and oxygen atoms in total. The van der Waals surface area contributed by atoms with Crippen molar-refractivity contribution in [2.24, 2.45) is 0 Å². The van der Waals surface area contributed by atoms with E-state index in [0.717, 1.165) is 6.08 Å². The van der Waals surface area contributed by atoms with Crippen molar-refractivity contribution in [2.45, 2.75) is 20.0 Å². The second-order valence-electron chi connectivity index (χ2n) is 2.43. The fourth-order valence-corrected chi connectivity index (χ4v) is 0.947. The standard InChI is InChI=1S/C9H12F3NO/c1-4-6(9(10,11)12)8(13)7(5-2)14-3/h4-5,13H,1-3H3/b6-4+,7-5+,13-8?. The Kier molecular flexibility index (Phi) is 4.40. The van der Waals surface area contributed by atoms with E-state index in [0.29, 0.717) is 0 Å². The van der Waals surface area contributed by atoms with Gasteiger partial charge >= 0.3 is 6.18 Å². The molecule has 0 radical (unpaired) electrons. The lowest BCUT2D eigenvalue weighted by atomic mass is 10.1. The first-order valence-electron chi connectivity index (χ1n) is 3.91. The lowest BCUT2D eigenvalue weighted by Gasteiger charge is -2.13. The maximum atomic E-state index is 12.3. The van der Waals surface area contributed by atoms with E-state index < -0.39 is 17.5 Å². The lowest BCUT2D eigenvalue weighted by molar-refractivity contribution is -0.0863. The Bertz CT molecular complexity index is 276. The summed E-state index contributed by atoms with van der Waals surface area (Å²) in [6.07, 6.45) is -2.35. The first kappa shape index (κ1) is 12.7. The summed E-state index contributed by atoms with van der Waals surface area (Å²) < 4.78 is 41.6. The molecule has 0 unspecified atom stereocenters. The van der Waals surface area contributed by atoms with Crippen molar-refractivity contribution in [2.75, 3.05) is 7.11 Å². The predicted octanol–water partition coefficient (Wildman–Crippen LogP) is 3.06. The van der Waals surface area contributed by atoms with Crippen molar-refractivity contribution >= 4 is 5.71 Å². The largest absolute Gasteiger partial charge is 0.495 e. The summed E-state index contributed by atoms with van der Waals surface area (Å²) in [5.74, 6) is -0.0876. The first-order chi connectivity index (χ1) is 6.38. The highest BCUT2D eigenvalue weighted by Gasteiger charge is 2.36. The van der Waals surface area contributed by atoms with Gasteiger partial charge in [0.2, 0.25) is 0 Å². The van der Waals surface area contributed by atoms with Crippen molar-refractivity contribution in [3.63, 3.8) is 0 Å². The van der Waals surface area contributed by atoms with E-state index in [1.54, 1.807) is 0 Å². The molecule has 14 heavy (non-hydrogen) atoms. The molecule has 0 aromatic rings. The molecule has 0 fully saturated rings. The minimum atomic E-state index is -4.52. The van der Waals surface area contributed by atoms with Crippen LogP contribution in [0.2, 0.25) is 0 Å². The van der Waals surface area contributed by atoms with Gasteiger partial charge in [-0.25, -0.2) is 0 Å². The zero-order valence-corrected chi connectivity index (χ0v) is 8.20. The van der Waals surface area contributed by atoms with Crippen molar-refractivity contribution < 1.29 is 17.9 Å². The molecule has 0 aromatic carbocycles.